The Balaban J connectivity index is 1.56. The van der Waals surface area contributed by atoms with E-state index in [9.17, 15) is 4.79 Å². The molecule has 2 heterocycles. The Morgan fingerprint density at radius 1 is 1.38 bits per heavy atom. The van der Waals surface area contributed by atoms with E-state index in [1.165, 1.54) is 0 Å². The molecule has 7 heteroatoms. The van der Waals surface area contributed by atoms with Crippen LogP contribution in [0.4, 0.5) is 4.79 Å². The van der Waals surface area contributed by atoms with Gasteiger partial charge in [-0.15, -0.1) is 0 Å². The number of carbonyl (C=O) groups excluding carboxylic acids is 1. The van der Waals surface area contributed by atoms with Crippen molar-refractivity contribution < 1.29 is 14.3 Å². The number of urea groups is 1. The molecule has 1 saturated heterocycles. The predicted octanol–water partition coefficient (Wildman–Crippen LogP) is 1.82. The van der Waals surface area contributed by atoms with Crippen LogP contribution in [0.5, 0.6) is 5.75 Å². The first-order valence-corrected chi connectivity index (χ1v) is 8.70. The van der Waals surface area contributed by atoms with E-state index in [1.807, 2.05) is 12.1 Å². The number of amides is 2. The molecule has 1 atom stereocenters. The lowest BCUT2D eigenvalue weighted by Crippen LogP contribution is -2.44. The van der Waals surface area contributed by atoms with E-state index in [0.29, 0.717) is 43.8 Å². The molecule has 1 fully saturated rings. The molecule has 1 N–H and O–H groups in total. The van der Waals surface area contributed by atoms with Gasteiger partial charge in [0, 0.05) is 36.1 Å². The van der Waals surface area contributed by atoms with Crippen molar-refractivity contribution in [3.8, 4) is 5.75 Å². The van der Waals surface area contributed by atoms with Crippen molar-refractivity contribution in [3.05, 3.63) is 28.8 Å². The second-order valence-corrected chi connectivity index (χ2v) is 6.85. The van der Waals surface area contributed by atoms with Gasteiger partial charge in [-0.3, -0.25) is 0 Å². The Kier molecular flexibility index (Phi) is 5.81. The quantitative estimate of drug-likeness (QED) is 0.881. The minimum absolute atomic E-state index is 0.0710. The number of nitrogens with one attached hydrogen (secondary N) is 1. The second kappa shape index (κ2) is 8.05. The molecule has 0 saturated carbocycles. The summed E-state index contributed by atoms with van der Waals surface area (Å²) < 4.78 is 11.3. The number of fused-ring (bicyclic) bond motifs is 1. The van der Waals surface area contributed by atoms with Gasteiger partial charge in [-0.1, -0.05) is 11.6 Å². The molecule has 132 valence electrons. The minimum atomic E-state index is -0.0710. The summed E-state index contributed by atoms with van der Waals surface area (Å²) in [6, 6.07) is 5.45. The van der Waals surface area contributed by atoms with E-state index in [2.05, 4.69) is 17.3 Å². The van der Waals surface area contributed by atoms with Crippen molar-refractivity contribution in [2.24, 2.45) is 5.92 Å². The highest BCUT2D eigenvalue weighted by Gasteiger charge is 2.22. The lowest BCUT2D eigenvalue weighted by molar-refractivity contribution is 0.121. The number of rotatable bonds is 2. The number of ether oxygens (including phenoxy) is 2. The van der Waals surface area contributed by atoms with Crippen molar-refractivity contribution in [2.75, 3.05) is 53.0 Å². The summed E-state index contributed by atoms with van der Waals surface area (Å²) in [6.07, 6.45) is 0. The van der Waals surface area contributed by atoms with Crippen LogP contribution in [-0.2, 0) is 11.3 Å². The zero-order chi connectivity index (χ0) is 16.9. The fraction of sp³-hybridized carbons (Fsp3) is 0.588. The van der Waals surface area contributed by atoms with Crippen molar-refractivity contribution >= 4 is 17.6 Å². The standard InChI is InChI=1S/C17H24ClN3O3/c1-20-4-6-23-12-13(10-20)9-19-17(22)21-5-7-24-16-3-2-15(18)8-14(16)11-21/h2-3,8,13H,4-7,9-12H2,1H3,(H,19,22)/t13-/m0/s1. The maximum atomic E-state index is 12.5. The van der Waals surface area contributed by atoms with Gasteiger partial charge in [0.2, 0.25) is 0 Å². The average Bonchev–Trinajstić information content (AvgIpc) is 2.89. The van der Waals surface area contributed by atoms with Crippen molar-refractivity contribution in [2.45, 2.75) is 6.54 Å². The highest BCUT2D eigenvalue weighted by molar-refractivity contribution is 6.30. The Labute approximate surface area is 147 Å². The molecule has 0 bridgehead atoms. The molecule has 0 aromatic heterocycles. The lowest BCUT2D eigenvalue weighted by atomic mass is 10.1. The largest absolute Gasteiger partial charge is 0.491 e. The fourth-order valence-electron chi connectivity index (χ4n) is 3.06. The first-order chi connectivity index (χ1) is 11.6. The van der Waals surface area contributed by atoms with Crippen LogP contribution in [0.1, 0.15) is 5.56 Å². The molecule has 0 unspecified atom stereocenters. The first kappa shape index (κ1) is 17.3. The van der Waals surface area contributed by atoms with Crippen LogP contribution >= 0.6 is 11.6 Å². The van der Waals surface area contributed by atoms with Gasteiger partial charge in [-0.05, 0) is 25.2 Å². The van der Waals surface area contributed by atoms with Crippen LogP contribution in [0.25, 0.3) is 0 Å². The first-order valence-electron chi connectivity index (χ1n) is 8.32. The molecule has 0 aliphatic carbocycles. The van der Waals surface area contributed by atoms with Crippen molar-refractivity contribution in [1.82, 2.24) is 15.1 Å². The van der Waals surface area contributed by atoms with E-state index in [4.69, 9.17) is 21.1 Å². The SMILES string of the molecule is CN1CCOC[C@@H](CNC(=O)N2CCOc3ccc(Cl)cc3C2)C1. The molecule has 1 aromatic carbocycles. The number of benzene rings is 1. The molecule has 1 aromatic rings. The van der Waals surface area contributed by atoms with E-state index in [-0.39, 0.29) is 6.03 Å². The van der Waals surface area contributed by atoms with E-state index >= 15 is 0 Å². The van der Waals surface area contributed by atoms with Gasteiger partial charge >= 0.3 is 6.03 Å². The van der Waals surface area contributed by atoms with Crippen LogP contribution in [0.15, 0.2) is 18.2 Å². The maximum absolute atomic E-state index is 12.5. The molecule has 2 amide bonds. The summed E-state index contributed by atoms with van der Waals surface area (Å²) in [5, 5.41) is 3.69. The highest BCUT2D eigenvalue weighted by Crippen LogP contribution is 2.26. The van der Waals surface area contributed by atoms with Gasteiger partial charge < -0.3 is 24.6 Å². The third-order valence-corrected chi connectivity index (χ3v) is 4.61. The molecule has 6 nitrogen and oxygen atoms in total. The fourth-order valence-corrected chi connectivity index (χ4v) is 3.25. The zero-order valence-electron chi connectivity index (χ0n) is 14.0. The Morgan fingerprint density at radius 2 is 2.25 bits per heavy atom. The topological polar surface area (TPSA) is 54.0 Å². The number of likely N-dealkylation sites (N-methyl/N-ethyl adjacent to an activating group) is 1. The second-order valence-electron chi connectivity index (χ2n) is 6.41. The van der Waals surface area contributed by atoms with Crippen LogP contribution < -0.4 is 10.1 Å². The van der Waals surface area contributed by atoms with Gasteiger partial charge in [0.15, 0.2) is 0 Å². The van der Waals surface area contributed by atoms with Crippen molar-refractivity contribution in [1.29, 1.82) is 0 Å². The third kappa shape index (κ3) is 4.53. The van der Waals surface area contributed by atoms with Crippen molar-refractivity contribution in [3.63, 3.8) is 0 Å². The summed E-state index contributed by atoms with van der Waals surface area (Å²) >= 11 is 6.06. The predicted molar refractivity (Wildman–Crippen MR) is 92.6 cm³/mol. The summed E-state index contributed by atoms with van der Waals surface area (Å²) in [5.41, 5.74) is 0.938. The summed E-state index contributed by atoms with van der Waals surface area (Å²) in [7, 11) is 2.08. The zero-order valence-corrected chi connectivity index (χ0v) is 14.7. The van der Waals surface area contributed by atoms with Gasteiger partial charge in [-0.25, -0.2) is 4.79 Å². The molecular weight excluding hydrogens is 330 g/mol. The Morgan fingerprint density at radius 3 is 3.12 bits per heavy atom. The number of halogens is 1. The molecule has 0 radical (unpaired) electrons. The van der Waals surface area contributed by atoms with Crippen LogP contribution in [-0.4, -0.2) is 68.9 Å². The lowest BCUT2D eigenvalue weighted by Gasteiger charge is -2.23. The summed E-state index contributed by atoms with van der Waals surface area (Å²) in [6.45, 7) is 5.46. The number of hydrogen-bond acceptors (Lipinski definition) is 4. The minimum Gasteiger partial charge on any atom is -0.491 e. The highest BCUT2D eigenvalue weighted by atomic mass is 35.5. The summed E-state index contributed by atoms with van der Waals surface area (Å²) in [5.74, 6) is 1.11. The Hall–Kier alpha value is -1.50. The normalized spacial score (nSPS) is 22.1. The Bertz CT molecular complexity index is 584. The van der Waals surface area contributed by atoms with Gasteiger partial charge in [0.1, 0.15) is 12.4 Å². The average molecular weight is 354 g/mol. The van der Waals surface area contributed by atoms with Crippen LogP contribution in [0, 0.1) is 5.92 Å². The van der Waals surface area contributed by atoms with Crippen LogP contribution in [0.3, 0.4) is 0 Å². The monoisotopic (exact) mass is 353 g/mol. The number of carbonyl (C=O) groups is 1. The van der Waals surface area contributed by atoms with E-state index in [1.54, 1.807) is 11.0 Å². The third-order valence-electron chi connectivity index (χ3n) is 4.37. The van der Waals surface area contributed by atoms with E-state index < -0.39 is 0 Å². The van der Waals surface area contributed by atoms with Gasteiger partial charge in [-0.2, -0.15) is 0 Å². The molecule has 3 rings (SSSR count). The molecule has 2 aliphatic rings. The number of hydrogen-bond donors (Lipinski definition) is 1. The molecule has 2 aliphatic heterocycles. The summed E-state index contributed by atoms with van der Waals surface area (Å²) in [4.78, 5) is 16.5. The van der Waals surface area contributed by atoms with Gasteiger partial charge in [0.05, 0.1) is 26.3 Å². The van der Waals surface area contributed by atoms with Crippen LogP contribution in [0.2, 0.25) is 5.02 Å². The molecule has 24 heavy (non-hydrogen) atoms. The van der Waals surface area contributed by atoms with E-state index in [0.717, 1.165) is 31.0 Å². The number of nitrogens with zero attached hydrogens (tertiary/aromatic N) is 2. The molecule has 0 spiro atoms. The van der Waals surface area contributed by atoms with Gasteiger partial charge in [0.25, 0.3) is 0 Å². The smallest absolute Gasteiger partial charge is 0.317 e. The maximum Gasteiger partial charge on any atom is 0.317 e. The molecular formula is C17H24ClN3O3.